The Morgan fingerprint density at radius 1 is 1.10 bits per heavy atom. The monoisotopic (exact) mass is 436 g/mol. The van der Waals surface area contributed by atoms with E-state index in [0.29, 0.717) is 16.7 Å². The zero-order chi connectivity index (χ0) is 21.1. The highest BCUT2D eigenvalue weighted by Gasteiger charge is 2.21. The van der Waals surface area contributed by atoms with Crippen LogP contribution in [0.3, 0.4) is 0 Å². The van der Waals surface area contributed by atoms with Crippen molar-refractivity contribution in [2.24, 2.45) is 0 Å². The maximum Gasteiger partial charge on any atom is 0.237 e. The first kappa shape index (κ1) is 20.4. The molecule has 7 heteroatoms. The predicted octanol–water partition coefficient (Wildman–Crippen LogP) is 5.89. The lowest BCUT2D eigenvalue weighted by molar-refractivity contribution is -0.115. The number of aromatic nitrogens is 3. The zero-order valence-corrected chi connectivity index (χ0v) is 18.2. The molecular weight excluding hydrogens is 416 g/mol. The number of thioether (sulfide) groups is 1. The van der Waals surface area contributed by atoms with Crippen LogP contribution in [-0.2, 0) is 11.3 Å². The van der Waals surface area contributed by atoms with Gasteiger partial charge in [-0.05, 0) is 37.4 Å². The number of anilines is 1. The van der Waals surface area contributed by atoms with E-state index in [-0.39, 0.29) is 11.2 Å². The summed E-state index contributed by atoms with van der Waals surface area (Å²) < 4.78 is 2.00. The first-order chi connectivity index (χ1) is 14.6. The maximum absolute atomic E-state index is 12.9. The van der Waals surface area contributed by atoms with E-state index < -0.39 is 0 Å². The Bertz CT molecular complexity index is 1200. The Labute approximate surface area is 184 Å². The molecule has 1 unspecified atom stereocenters. The molecule has 0 fully saturated rings. The summed E-state index contributed by atoms with van der Waals surface area (Å²) in [7, 11) is 0. The van der Waals surface area contributed by atoms with Gasteiger partial charge < -0.3 is 9.88 Å². The van der Waals surface area contributed by atoms with E-state index in [9.17, 15) is 4.79 Å². The van der Waals surface area contributed by atoms with Gasteiger partial charge >= 0.3 is 0 Å². The second kappa shape index (κ2) is 8.90. The number of nitrogens with zero attached hydrogens (tertiary/aromatic N) is 3. The smallest absolute Gasteiger partial charge is 0.237 e. The van der Waals surface area contributed by atoms with Gasteiger partial charge in [-0.3, -0.25) is 4.79 Å². The minimum atomic E-state index is -0.342. The summed E-state index contributed by atoms with van der Waals surface area (Å²) >= 11 is 7.52. The van der Waals surface area contributed by atoms with E-state index in [0.717, 1.165) is 27.8 Å². The van der Waals surface area contributed by atoms with Crippen molar-refractivity contribution in [3.63, 3.8) is 0 Å². The average Bonchev–Trinajstić information content (AvgIpc) is 3.16. The highest BCUT2D eigenvalue weighted by atomic mass is 35.5. The Hall–Kier alpha value is -2.83. The summed E-state index contributed by atoms with van der Waals surface area (Å²) in [5, 5.41) is 14.8. The fourth-order valence-corrected chi connectivity index (χ4v) is 4.39. The van der Waals surface area contributed by atoms with Gasteiger partial charge in [0, 0.05) is 28.2 Å². The highest BCUT2D eigenvalue weighted by Crippen LogP contribution is 2.29. The van der Waals surface area contributed by atoms with E-state index in [1.54, 1.807) is 0 Å². The second-order valence-electron chi connectivity index (χ2n) is 6.84. The first-order valence-corrected chi connectivity index (χ1v) is 11.0. The molecule has 1 aromatic heterocycles. The molecule has 0 saturated heterocycles. The third kappa shape index (κ3) is 4.20. The molecule has 0 spiro atoms. The van der Waals surface area contributed by atoms with E-state index in [2.05, 4.69) is 15.5 Å². The fourth-order valence-electron chi connectivity index (χ4n) is 3.28. The molecule has 0 radical (unpaired) electrons. The molecule has 1 atom stereocenters. The van der Waals surface area contributed by atoms with Crippen molar-refractivity contribution in [1.29, 1.82) is 0 Å². The van der Waals surface area contributed by atoms with E-state index in [1.165, 1.54) is 11.8 Å². The van der Waals surface area contributed by atoms with Crippen molar-refractivity contribution >= 4 is 45.7 Å². The molecule has 4 rings (SSSR count). The van der Waals surface area contributed by atoms with Gasteiger partial charge in [-0.25, -0.2) is 0 Å². The summed E-state index contributed by atoms with van der Waals surface area (Å²) in [5.41, 5.74) is 1.71. The topological polar surface area (TPSA) is 59.8 Å². The van der Waals surface area contributed by atoms with Crippen LogP contribution in [0.1, 0.15) is 13.8 Å². The van der Waals surface area contributed by atoms with Crippen LogP contribution < -0.4 is 5.32 Å². The fraction of sp³-hybridized carbons (Fsp3) is 0.174. The number of halogens is 1. The third-order valence-corrected chi connectivity index (χ3v) is 6.13. The minimum absolute atomic E-state index is 0.0775. The lowest BCUT2D eigenvalue weighted by Gasteiger charge is -2.14. The summed E-state index contributed by atoms with van der Waals surface area (Å²) in [6, 6.07) is 21.4. The van der Waals surface area contributed by atoms with Crippen molar-refractivity contribution in [2.75, 3.05) is 5.32 Å². The van der Waals surface area contributed by atoms with Crippen molar-refractivity contribution in [3.05, 3.63) is 71.8 Å². The maximum atomic E-state index is 12.9. The molecule has 4 aromatic rings. The first-order valence-electron chi connectivity index (χ1n) is 9.71. The van der Waals surface area contributed by atoms with Gasteiger partial charge in [0.25, 0.3) is 0 Å². The normalized spacial score (nSPS) is 12.1. The zero-order valence-electron chi connectivity index (χ0n) is 16.7. The van der Waals surface area contributed by atoms with Gasteiger partial charge in [-0.2, -0.15) is 0 Å². The van der Waals surface area contributed by atoms with Crippen molar-refractivity contribution in [1.82, 2.24) is 14.8 Å². The Kier molecular flexibility index (Phi) is 6.06. The molecule has 0 aliphatic carbocycles. The predicted molar refractivity (Wildman–Crippen MR) is 124 cm³/mol. The molecule has 1 amide bonds. The largest absolute Gasteiger partial charge is 0.325 e. The standard InChI is InChI=1S/C23H21ClN4OS/c1-3-28-21(17-10-6-11-18(24)14-17)26-27-23(28)30-15(2)22(29)25-20-13-7-9-16-8-4-5-12-19(16)20/h4-15H,3H2,1-2H3,(H,25,29). The summed E-state index contributed by atoms with van der Waals surface area (Å²) in [5.74, 6) is 0.662. The number of carbonyl (C=O) groups excluding carboxylic acids is 1. The lowest BCUT2D eigenvalue weighted by Crippen LogP contribution is -2.23. The van der Waals surface area contributed by atoms with Crippen LogP contribution in [-0.4, -0.2) is 25.9 Å². The Morgan fingerprint density at radius 3 is 2.67 bits per heavy atom. The van der Waals surface area contributed by atoms with Gasteiger partial charge in [-0.1, -0.05) is 71.9 Å². The number of amides is 1. The number of carbonyl (C=O) groups is 1. The number of rotatable bonds is 6. The van der Waals surface area contributed by atoms with Crippen molar-refractivity contribution in [3.8, 4) is 11.4 Å². The Balaban J connectivity index is 1.53. The highest BCUT2D eigenvalue weighted by molar-refractivity contribution is 8.00. The molecule has 1 N–H and O–H groups in total. The number of benzene rings is 3. The summed E-state index contributed by atoms with van der Waals surface area (Å²) in [4.78, 5) is 12.9. The SMILES string of the molecule is CCn1c(SC(C)C(=O)Nc2cccc3ccccc23)nnc1-c1cccc(Cl)c1. The van der Waals surface area contributed by atoms with Crippen LogP contribution >= 0.6 is 23.4 Å². The van der Waals surface area contributed by atoms with Crippen LogP contribution in [0.15, 0.2) is 71.9 Å². The van der Waals surface area contributed by atoms with Crippen LogP contribution in [0.5, 0.6) is 0 Å². The number of hydrogen-bond donors (Lipinski definition) is 1. The van der Waals surface area contributed by atoms with Crippen molar-refractivity contribution < 1.29 is 4.79 Å². The van der Waals surface area contributed by atoms with Gasteiger partial charge in [0.05, 0.1) is 5.25 Å². The number of nitrogens with one attached hydrogen (secondary N) is 1. The lowest BCUT2D eigenvalue weighted by atomic mass is 10.1. The average molecular weight is 437 g/mol. The molecule has 0 saturated carbocycles. The molecule has 30 heavy (non-hydrogen) atoms. The van der Waals surface area contributed by atoms with Crippen LogP contribution in [0.2, 0.25) is 5.02 Å². The number of hydrogen-bond acceptors (Lipinski definition) is 4. The molecule has 5 nitrogen and oxygen atoms in total. The van der Waals surface area contributed by atoms with E-state index in [4.69, 9.17) is 11.6 Å². The molecule has 152 valence electrons. The third-order valence-electron chi connectivity index (χ3n) is 4.81. The molecule has 0 aliphatic heterocycles. The summed E-state index contributed by atoms with van der Waals surface area (Å²) in [6.45, 7) is 4.59. The van der Waals surface area contributed by atoms with Gasteiger partial charge in [0.2, 0.25) is 5.91 Å². The quantitative estimate of drug-likeness (QED) is 0.383. The van der Waals surface area contributed by atoms with E-state index >= 15 is 0 Å². The summed E-state index contributed by atoms with van der Waals surface area (Å²) in [6.07, 6.45) is 0. The van der Waals surface area contributed by atoms with Crippen LogP contribution in [0, 0.1) is 0 Å². The van der Waals surface area contributed by atoms with Crippen molar-refractivity contribution in [2.45, 2.75) is 30.8 Å². The molecule has 1 heterocycles. The molecular formula is C23H21ClN4OS. The molecule has 0 bridgehead atoms. The van der Waals surface area contributed by atoms with Gasteiger partial charge in [-0.15, -0.1) is 10.2 Å². The molecule has 3 aromatic carbocycles. The van der Waals surface area contributed by atoms with Gasteiger partial charge in [0.1, 0.15) is 0 Å². The Morgan fingerprint density at radius 2 is 1.87 bits per heavy atom. The number of fused-ring (bicyclic) bond motifs is 1. The van der Waals surface area contributed by atoms with E-state index in [1.807, 2.05) is 85.1 Å². The molecule has 0 aliphatic rings. The minimum Gasteiger partial charge on any atom is -0.325 e. The van der Waals surface area contributed by atoms with Crippen LogP contribution in [0.4, 0.5) is 5.69 Å². The second-order valence-corrected chi connectivity index (χ2v) is 8.58. The van der Waals surface area contributed by atoms with Crippen LogP contribution in [0.25, 0.3) is 22.2 Å². The van der Waals surface area contributed by atoms with Gasteiger partial charge in [0.15, 0.2) is 11.0 Å².